The molecular weight excluding hydrogens is 308 g/mol. The van der Waals surface area contributed by atoms with E-state index in [0.29, 0.717) is 12.1 Å². The zero-order chi connectivity index (χ0) is 17.5. The van der Waals surface area contributed by atoms with Crippen molar-refractivity contribution in [1.29, 1.82) is 0 Å². The number of nitrogens with zero attached hydrogens (tertiary/aromatic N) is 2. The van der Waals surface area contributed by atoms with E-state index in [4.69, 9.17) is 4.84 Å². The smallest absolute Gasteiger partial charge is 0.318 e. The summed E-state index contributed by atoms with van der Waals surface area (Å²) in [5, 5.41) is 14.6. The zero-order valence-corrected chi connectivity index (χ0v) is 13.6. The first-order valence-corrected chi connectivity index (χ1v) is 7.67. The van der Waals surface area contributed by atoms with Crippen molar-refractivity contribution in [1.82, 2.24) is 0 Å². The molecule has 0 aliphatic carbocycles. The van der Waals surface area contributed by atoms with E-state index in [1.54, 1.807) is 19.1 Å². The van der Waals surface area contributed by atoms with Crippen LogP contribution in [-0.4, -0.2) is 16.6 Å². The number of hydrogen-bond acceptors (Lipinski definition) is 5. The van der Waals surface area contributed by atoms with Crippen LogP contribution in [-0.2, 0) is 9.63 Å². The number of carbonyl (C=O) groups excluding carboxylic acids is 1. The molecule has 2 aromatic carbocycles. The molecule has 0 aromatic heterocycles. The third-order valence-corrected chi connectivity index (χ3v) is 3.51. The molecule has 0 saturated heterocycles. The molecule has 124 valence electrons. The number of nitro groups is 1. The molecule has 0 saturated carbocycles. The van der Waals surface area contributed by atoms with Crippen LogP contribution in [0, 0.1) is 10.1 Å². The molecule has 0 spiro atoms. The van der Waals surface area contributed by atoms with Crippen LogP contribution in [0.5, 0.6) is 0 Å². The van der Waals surface area contributed by atoms with Gasteiger partial charge < -0.3 is 4.84 Å². The number of carbonyl (C=O) groups is 1. The largest absolute Gasteiger partial charge is 0.334 e. The second-order valence-electron chi connectivity index (χ2n) is 5.09. The summed E-state index contributed by atoms with van der Waals surface area (Å²) in [5.74, 6) is -0.372. The molecule has 0 unspecified atom stereocenters. The first-order chi connectivity index (χ1) is 11.5. The summed E-state index contributed by atoms with van der Waals surface area (Å²) < 4.78 is 0. The minimum Gasteiger partial charge on any atom is -0.318 e. The maximum atomic E-state index is 11.2. The van der Waals surface area contributed by atoms with Crippen molar-refractivity contribution < 1.29 is 14.6 Å². The van der Waals surface area contributed by atoms with Crippen LogP contribution in [0.2, 0.25) is 0 Å². The topological polar surface area (TPSA) is 81.8 Å². The molecule has 0 fully saturated rings. The Morgan fingerprint density at radius 2 is 1.54 bits per heavy atom. The Morgan fingerprint density at radius 3 is 2.00 bits per heavy atom. The fraction of sp³-hybridized carbons (Fsp3) is 0.222. The zero-order valence-electron chi connectivity index (χ0n) is 13.6. The van der Waals surface area contributed by atoms with Gasteiger partial charge in [-0.15, -0.1) is 0 Å². The number of nitro benzene ring substituents is 1. The second-order valence-corrected chi connectivity index (χ2v) is 5.09. The van der Waals surface area contributed by atoms with Crippen molar-refractivity contribution in [3.63, 3.8) is 0 Å². The molecule has 0 bridgehead atoms. The Kier molecular flexibility index (Phi) is 5.78. The van der Waals surface area contributed by atoms with Crippen molar-refractivity contribution in [2.45, 2.75) is 26.7 Å². The summed E-state index contributed by atoms with van der Waals surface area (Å²) in [6, 6.07) is 14.0. The third kappa shape index (κ3) is 4.25. The molecule has 0 N–H and O–H groups in total. The predicted molar refractivity (Wildman–Crippen MR) is 91.7 cm³/mol. The molecule has 0 atom stereocenters. The highest BCUT2D eigenvalue weighted by atomic mass is 16.7. The van der Waals surface area contributed by atoms with Crippen LogP contribution in [0.15, 0.2) is 53.7 Å². The van der Waals surface area contributed by atoms with Gasteiger partial charge in [0.25, 0.3) is 5.69 Å². The van der Waals surface area contributed by atoms with Gasteiger partial charge in [-0.3, -0.25) is 10.1 Å². The van der Waals surface area contributed by atoms with E-state index in [-0.39, 0.29) is 18.1 Å². The molecule has 6 heteroatoms. The van der Waals surface area contributed by atoms with Gasteiger partial charge in [0.05, 0.1) is 10.6 Å². The quantitative estimate of drug-likeness (QED) is 0.342. The Labute approximate surface area is 139 Å². The average molecular weight is 326 g/mol. The van der Waals surface area contributed by atoms with Gasteiger partial charge in [0.2, 0.25) is 0 Å². The molecule has 0 radical (unpaired) electrons. The third-order valence-electron chi connectivity index (χ3n) is 3.51. The fourth-order valence-electron chi connectivity index (χ4n) is 2.12. The average Bonchev–Trinajstić information content (AvgIpc) is 2.62. The Hall–Kier alpha value is -3.02. The van der Waals surface area contributed by atoms with E-state index in [0.717, 1.165) is 16.7 Å². The Bertz CT molecular complexity index is 750. The summed E-state index contributed by atoms with van der Waals surface area (Å²) in [7, 11) is 0. The summed E-state index contributed by atoms with van der Waals surface area (Å²) in [4.78, 5) is 26.3. The first-order valence-electron chi connectivity index (χ1n) is 7.67. The summed E-state index contributed by atoms with van der Waals surface area (Å²) in [5.41, 5.74) is 3.45. The summed E-state index contributed by atoms with van der Waals surface area (Å²) >= 11 is 0. The minimum atomic E-state index is -0.422. The number of non-ortho nitro benzene ring substituents is 1. The van der Waals surface area contributed by atoms with Gasteiger partial charge in [0, 0.05) is 18.6 Å². The van der Waals surface area contributed by atoms with Crippen LogP contribution < -0.4 is 0 Å². The van der Waals surface area contributed by atoms with Gasteiger partial charge in [-0.05, 0) is 35.2 Å². The molecular formula is C18H18N2O4. The van der Waals surface area contributed by atoms with Crippen LogP contribution in [0.3, 0.4) is 0 Å². The monoisotopic (exact) mass is 326 g/mol. The van der Waals surface area contributed by atoms with Gasteiger partial charge >= 0.3 is 5.97 Å². The highest BCUT2D eigenvalue weighted by molar-refractivity contribution is 6.00. The van der Waals surface area contributed by atoms with E-state index < -0.39 is 4.92 Å². The van der Waals surface area contributed by atoms with Crippen molar-refractivity contribution in [3.8, 4) is 11.1 Å². The number of hydrogen-bond donors (Lipinski definition) is 0. The normalized spacial score (nSPS) is 11.2. The first kappa shape index (κ1) is 17.3. The lowest BCUT2D eigenvalue weighted by atomic mass is 10.0. The molecule has 2 aromatic rings. The van der Waals surface area contributed by atoms with Crippen LogP contribution in [0.25, 0.3) is 11.1 Å². The standard InChI is InChI=1S/C18H18N2O4/c1-3-17(19-24-18(21)4-2)15-7-5-13(6-8-15)14-9-11-16(12-10-14)20(22)23/h5-12H,3-4H2,1-2H3/b19-17+. The van der Waals surface area contributed by atoms with Crippen molar-refractivity contribution in [2.24, 2.45) is 5.16 Å². The molecule has 0 amide bonds. The molecule has 6 nitrogen and oxygen atoms in total. The van der Waals surface area contributed by atoms with Crippen molar-refractivity contribution in [3.05, 3.63) is 64.2 Å². The van der Waals surface area contributed by atoms with E-state index in [2.05, 4.69) is 5.16 Å². The van der Waals surface area contributed by atoms with E-state index in [1.807, 2.05) is 31.2 Å². The van der Waals surface area contributed by atoms with Crippen LogP contribution >= 0.6 is 0 Å². The van der Waals surface area contributed by atoms with Crippen molar-refractivity contribution >= 4 is 17.4 Å². The molecule has 0 aliphatic rings. The van der Waals surface area contributed by atoms with Gasteiger partial charge in [-0.25, -0.2) is 4.79 Å². The molecule has 24 heavy (non-hydrogen) atoms. The maximum absolute atomic E-state index is 11.2. The van der Waals surface area contributed by atoms with Crippen LogP contribution in [0.4, 0.5) is 5.69 Å². The highest BCUT2D eigenvalue weighted by Gasteiger charge is 2.07. The van der Waals surface area contributed by atoms with Crippen LogP contribution in [0.1, 0.15) is 32.3 Å². The number of oxime groups is 1. The lowest BCUT2D eigenvalue weighted by Crippen LogP contribution is -2.04. The Morgan fingerprint density at radius 1 is 1.00 bits per heavy atom. The number of rotatable bonds is 6. The predicted octanol–water partition coefficient (Wildman–Crippen LogP) is 4.33. The molecule has 0 heterocycles. The summed E-state index contributed by atoms with van der Waals surface area (Å²) in [6.45, 7) is 3.64. The summed E-state index contributed by atoms with van der Waals surface area (Å²) in [6.07, 6.45) is 0.910. The van der Waals surface area contributed by atoms with E-state index in [9.17, 15) is 14.9 Å². The molecule has 0 aliphatic heterocycles. The maximum Gasteiger partial charge on any atom is 0.334 e. The fourth-order valence-corrected chi connectivity index (χ4v) is 2.12. The lowest BCUT2D eigenvalue weighted by Gasteiger charge is -2.06. The Balaban J connectivity index is 2.19. The SMILES string of the molecule is CCC(=O)O/N=C(\CC)c1ccc(-c2ccc([N+](=O)[O-])cc2)cc1. The van der Waals surface area contributed by atoms with Gasteiger partial charge in [-0.2, -0.15) is 0 Å². The van der Waals surface area contributed by atoms with Crippen molar-refractivity contribution in [2.75, 3.05) is 0 Å². The van der Waals surface area contributed by atoms with Gasteiger partial charge in [0.1, 0.15) is 0 Å². The van der Waals surface area contributed by atoms with Gasteiger partial charge in [-0.1, -0.05) is 43.3 Å². The second kappa shape index (κ2) is 8.01. The van der Waals surface area contributed by atoms with Gasteiger partial charge in [0.15, 0.2) is 0 Å². The number of benzene rings is 2. The minimum absolute atomic E-state index is 0.0634. The van der Waals surface area contributed by atoms with E-state index in [1.165, 1.54) is 12.1 Å². The highest BCUT2D eigenvalue weighted by Crippen LogP contribution is 2.23. The molecule has 2 rings (SSSR count). The lowest BCUT2D eigenvalue weighted by molar-refractivity contribution is -0.384. The van der Waals surface area contributed by atoms with E-state index >= 15 is 0 Å².